The van der Waals surface area contributed by atoms with Gasteiger partial charge >= 0.3 is 5.97 Å². The summed E-state index contributed by atoms with van der Waals surface area (Å²) < 4.78 is 5.14. The van der Waals surface area contributed by atoms with E-state index in [1.54, 1.807) is 0 Å². The average molecular weight is 417 g/mol. The van der Waals surface area contributed by atoms with Gasteiger partial charge in [0.15, 0.2) is 0 Å². The SMILES string of the molecule is CCOC(=O)CC[C@@H](C)[C@H]1CC[C@H]2[C@@H]3CC(=O)C4CC(=O)CC[C@]4(C)[C@H]3CC[C@]12C. The lowest BCUT2D eigenvalue weighted by atomic mass is 9.44. The molecule has 0 N–H and O–H groups in total. The molecule has 0 aromatic rings. The van der Waals surface area contributed by atoms with Crippen LogP contribution >= 0.6 is 0 Å². The van der Waals surface area contributed by atoms with Crippen molar-refractivity contribution in [3.05, 3.63) is 0 Å². The molecule has 1 unspecified atom stereocenters. The molecule has 0 aliphatic heterocycles. The van der Waals surface area contributed by atoms with E-state index in [-0.39, 0.29) is 22.7 Å². The summed E-state index contributed by atoms with van der Waals surface area (Å²) in [5.74, 6) is 3.42. The summed E-state index contributed by atoms with van der Waals surface area (Å²) in [7, 11) is 0. The van der Waals surface area contributed by atoms with Crippen molar-refractivity contribution in [3.63, 3.8) is 0 Å². The molecule has 4 aliphatic rings. The number of carbonyl (C=O) groups excluding carboxylic acids is 3. The molecule has 0 spiro atoms. The van der Waals surface area contributed by atoms with Crippen molar-refractivity contribution in [2.24, 2.45) is 46.3 Å². The molecule has 0 saturated heterocycles. The van der Waals surface area contributed by atoms with Gasteiger partial charge in [0.1, 0.15) is 11.6 Å². The highest BCUT2D eigenvalue weighted by molar-refractivity contribution is 5.90. The van der Waals surface area contributed by atoms with Crippen molar-refractivity contribution in [2.45, 2.75) is 91.9 Å². The van der Waals surface area contributed by atoms with Gasteiger partial charge in [-0.05, 0) is 85.9 Å². The molecular formula is C26H40O4. The number of Topliss-reactive ketones (excluding diaryl/α,β-unsaturated/α-hetero) is 2. The van der Waals surface area contributed by atoms with Crippen molar-refractivity contribution in [2.75, 3.05) is 6.61 Å². The van der Waals surface area contributed by atoms with Crippen LogP contribution < -0.4 is 0 Å². The minimum absolute atomic E-state index is 0.0231. The summed E-state index contributed by atoms with van der Waals surface area (Å²) in [6.07, 6.45) is 9.07. The van der Waals surface area contributed by atoms with Crippen molar-refractivity contribution in [1.82, 2.24) is 0 Å². The molecule has 4 heteroatoms. The Morgan fingerprint density at radius 3 is 2.53 bits per heavy atom. The lowest BCUT2D eigenvalue weighted by molar-refractivity contribution is -0.159. The van der Waals surface area contributed by atoms with E-state index in [0.29, 0.717) is 73.4 Å². The molecule has 168 valence electrons. The number of hydrogen-bond acceptors (Lipinski definition) is 4. The van der Waals surface area contributed by atoms with Crippen LogP contribution in [0.1, 0.15) is 91.9 Å². The van der Waals surface area contributed by atoms with Gasteiger partial charge in [-0.25, -0.2) is 0 Å². The summed E-state index contributed by atoms with van der Waals surface area (Å²) >= 11 is 0. The van der Waals surface area contributed by atoms with E-state index in [1.807, 2.05) is 6.92 Å². The highest BCUT2D eigenvalue weighted by Gasteiger charge is 2.62. The van der Waals surface area contributed by atoms with Gasteiger partial charge in [-0.1, -0.05) is 20.8 Å². The van der Waals surface area contributed by atoms with E-state index in [1.165, 1.54) is 25.7 Å². The van der Waals surface area contributed by atoms with E-state index in [4.69, 9.17) is 4.74 Å². The summed E-state index contributed by atoms with van der Waals surface area (Å²) in [4.78, 5) is 37.1. The Labute approximate surface area is 181 Å². The van der Waals surface area contributed by atoms with Crippen LogP contribution in [0.4, 0.5) is 0 Å². The normalized spacial score (nSPS) is 44.1. The van der Waals surface area contributed by atoms with E-state index in [0.717, 1.165) is 12.8 Å². The van der Waals surface area contributed by atoms with Crippen molar-refractivity contribution < 1.29 is 19.1 Å². The maximum atomic E-state index is 13.2. The van der Waals surface area contributed by atoms with Gasteiger partial charge in [0, 0.05) is 31.6 Å². The Kier molecular flexibility index (Phi) is 5.91. The summed E-state index contributed by atoms with van der Waals surface area (Å²) in [5.41, 5.74) is 0.312. The zero-order chi connectivity index (χ0) is 21.7. The number of esters is 1. The quantitative estimate of drug-likeness (QED) is 0.565. The summed E-state index contributed by atoms with van der Waals surface area (Å²) in [6, 6.07) is 0. The van der Waals surface area contributed by atoms with Gasteiger partial charge in [0.05, 0.1) is 6.61 Å². The predicted molar refractivity (Wildman–Crippen MR) is 116 cm³/mol. The third-order valence-electron chi connectivity index (χ3n) is 10.1. The second-order valence-corrected chi connectivity index (χ2v) is 11.4. The van der Waals surface area contributed by atoms with Gasteiger partial charge in [-0.3, -0.25) is 14.4 Å². The Hall–Kier alpha value is -1.19. The highest BCUT2D eigenvalue weighted by Crippen LogP contribution is 2.67. The molecule has 4 saturated carbocycles. The molecule has 4 nitrogen and oxygen atoms in total. The second kappa shape index (κ2) is 8.06. The molecule has 4 rings (SSSR count). The average Bonchev–Trinajstić information content (AvgIpc) is 3.05. The number of fused-ring (bicyclic) bond motifs is 5. The maximum Gasteiger partial charge on any atom is 0.305 e. The topological polar surface area (TPSA) is 60.4 Å². The van der Waals surface area contributed by atoms with Crippen molar-refractivity contribution >= 4 is 17.5 Å². The Bertz CT molecular complexity index is 714. The zero-order valence-corrected chi connectivity index (χ0v) is 19.4. The van der Waals surface area contributed by atoms with Crippen LogP contribution in [0, 0.1) is 46.3 Å². The van der Waals surface area contributed by atoms with Gasteiger partial charge in [-0.2, -0.15) is 0 Å². The zero-order valence-electron chi connectivity index (χ0n) is 19.4. The second-order valence-electron chi connectivity index (χ2n) is 11.4. The molecule has 0 aromatic carbocycles. The fraction of sp³-hybridized carbons (Fsp3) is 0.885. The summed E-state index contributed by atoms with van der Waals surface area (Å²) in [5, 5.41) is 0. The maximum absolute atomic E-state index is 13.2. The summed E-state index contributed by atoms with van der Waals surface area (Å²) in [6.45, 7) is 9.45. The predicted octanol–water partition coefficient (Wildman–Crippen LogP) is 5.37. The molecule has 4 aliphatic carbocycles. The number of hydrogen-bond donors (Lipinski definition) is 0. The first-order valence-electron chi connectivity index (χ1n) is 12.4. The first-order valence-corrected chi connectivity index (χ1v) is 12.4. The molecule has 0 heterocycles. The van der Waals surface area contributed by atoms with Crippen LogP contribution in [0.5, 0.6) is 0 Å². The van der Waals surface area contributed by atoms with Gasteiger partial charge in [0.2, 0.25) is 0 Å². The molecule has 0 amide bonds. The molecule has 0 aromatic heterocycles. The Balaban J connectivity index is 1.50. The number of ether oxygens (including phenoxy) is 1. The smallest absolute Gasteiger partial charge is 0.305 e. The molecule has 8 atom stereocenters. The van der Waals surface area contributed by atoms with Gasteiger partial charge in [-0.15, -0.1) is 0 Å². The first kappa shape index (κ1) is 22.0. The molecule has 30 heavy (non-hydrogen) atoms. The van der Waals surface area contributed by atoms with Crippen LogP contribution in [0.3, 0.4) is 0 Å². The van der Waals surface area contributed by atoms with Crippen LogP contribution in [0.15, 0.2) is 0 Å². The highest BCUT2D eigenvalue weighted by atomic mass is 16.5. The van der Waals surface area contributed by atoms with Crippen molar-refractivity contribution in [3.8, 4) is 0 Å². The molecular weight excluding hydrogens is 376 g/mol. The number of ketones is 2. The fourth-order valence-corrected chi connectivity index (χ4v) is 8.59. The largest absolute Gasteiger partial charge is 0.466 e. The van der Waals surface area contributed by atoms with Gasteiger partial charge in [0.25, 0.3) is 0 Å². The standard InChI is InChI=1S/C26H40O4/c1-5-30-24(29)9-6-16(2)19-7-8-20-18-15-23(28)22-14-17(27)10-12-26(22,4)21(18)11-13-25(19,20)3/h16,18-22H,5-15H2,1-4H3/t16-,18+,19-,20+,21+,22?,25-,26-/m1/s1. The van der Waals surface area contributed by atoms with Gasteiger partial charge < -0.3 is 4.74 Å². The number of rotatable bonds is 5. The van der Waals surface area contributed by atoms with Crippen LogP contribution in [0.25, 0.3) is 0 Å². The lowest BCUT2D eigenvalue weighted by Gasteiger charge is -2.59. The minimum atomic E-state index is -0.0727. The third-order valence-corrected chi connectivity index (χ3v) is 10.1. The molecule has 0 radical (unpaired) electrons. The monoisotopic (exact) mass is 416 g/mol. The Morgan fingerprint density at radius 2 is 1.80 bits per heavy atom. The van der Waals surface area contributed by atoms with E-state index in [2.05, 4.69) is 20.8 Å². The minimum Gasteiger partial charge on any atom is -0.466 e. The first-order chi connectivity index (χ1) is 14.2. The lowest BCUT2D eigenvalue weighted by Crippen LogP contribution is -2.56. The van der Waals surface area contributed by atoms with E-state index >= 15 is 0 Å². The van der Waals surface area contributed by atoms with Crippen molar-refractivity contribution in [1.29, 1.82) is 0 Å². The van der Waals surface area contributed by atoms with Crippen LogP contribution in [-0.4, -0.2) is 24.1 Å². The van der Waals surface area contributed by atoms with Crippen LogP contribution in [0.2, 0.25) is 0 Å². The number of carbonyl (C=O) groups is 3. The van der Waals surface area contributed by atoms with E-state index in [9.17, 15) is 14.4 Å². The van der Waals surface area contributed by atoms with Crippen LogP contribution in [-0.2, 0) is 19.1 Å². The van der Waals surface area contributed by atoms with E-state index < -0.39 is 0 Å². The Morgan fingerprint density at radius 1 is 1.07 bits per heavy atom. The fourth-order valence-electron chi connectivity index (χ4n) is 8.59. The molecule has 0 bridgehead atoms. The third kappa shape index (κ3) is 3.46. The molecule has 4 fully saturated rings.